The van der Waals surface area contributed by atoms with Gasteiger partial charge in [0.25, 0.3) is 0 Å². The number of hydrogen-bond donors (Lipinski definition) is 2. The zero-order valence-corrected chi connectivity index (χ0v) is 15.2. The molecule has 126 valence electrons. The Bertz CT molecular complexity index is 578. The predicted octanol–water partition coefficient (Wildman–Crippen LogP) is 2.09. The average Bonchev–Trinajstić information content (AvgIpc) is 3.15. The third-order valence-corrected chi connectivity index (χ3v) is 4.99. The zero-order valence-electron chi connectivity index (χ0n) is 12.8. The van der Waals surface area contributed by atoms with Gasteiger partial charge in [-0.3, -0.25) is 9.59 Å². The summed E-state index contributed by atoms with van der Waals surface area (Å²) < 4.78 is 0.875. The molecule has 2 unspecified atom stereocenters. The van der Waals surface area contributed by atoms with Crippen molar-refractivity contribution < 1.29 is 9.59 Å². The number of para-hydroxylation sites is 1. The molecule has 23 heavy (non-hydrogen) atoms. The van der Waals surface area contributed by atoms with Crippen LogP contribution in [0, 0.1) is 5.92 Å². The average molecular weight is 403 g/mol. The Morgan fingerprint density at radius 1 is 1.39 bits per heavy atom. The number of nitrogens with zero attached hydrogens (tertiary/aromatic N) is 1. The second-order valence-electron chi connectivity index (χ2n) is 5.90. The van der Waals surface area contributed by atoms with Crippen LogP contribution in [-0.4, -0.2) is 37.5 Å². The Morgan fingerprint density at radius 3 is 2.87 bits per heavy atom. The Labute approximate surface area is 150 Å². The summed E-state index contributed by atoms with van der Waals surface area (Å²) in [5, 5.41) is 6.34. The van der Waals surface area contributed by atoms with E-state index >= 15 is 0 Å². The van der Waals surface area contributed by atoms with Crippen LogP contribution in [0.1, 0.15) is 19.3 Å². The lowest BCUT2D eigenvalue weighted by Crippen LogP contribution is -2.40. The van der Waals surface area contributed by atoms with Gasteiger partial charge in [0.1, 0.15) is 0 Å². The fourth-order valence-electron chi connectivity index (χ4n) is 3.09. The normalized spacial score (nSPS) is 23.7. The second-order valence-corrected chi connectivity index (χ2v) is 6.75. The van der Waals surface area contributed by atoms with Gasteiger partial charge >= 0.3 is 0 Å². The van der Waals surface area contributed by atoms with Crippen molar-refractivity contribution in [2.75, 3.05) is 24.5 Å². The summed E-state index contributed by atoms with van der Waals surface area (Å²) in [5.74, 6) is -0.274. The summed E-state index contributed by atoms with van der Waals surface area (Å²) in [5.41, 5.74) is 0.834. The van der Waals surface area contributed by atoms with Crippen molar-refractivity contribution in [1.82, 2.24) is 10.6 Å². The molecule has 0 bridgehead atoms. The molecule has 0 spiro atoms. The number of anilines is 1. The van der Waals surface area contributed by atoms with Gasteiger partial charge in [-0.25, -0.2) is 0 Å². The van der Waals surface area contributed by atoms with Gasteiger partial charge in [0.05, 0.1) is 11.6 Å². The molecule has 0 saturated carbocycles. The Kier molecular flexibility index (Phi) is 6.44. The quantitative estimate of drug-likeness (QED) is 0.811. The molecule has 2 aliphatic heterocycles. The lowest BCUT2D eigenvalue weighted by Gasteiger charge is -2.18. The van der Waals surface area contributed by atoms with E-state index in [2.05, 4.69) is 26.6 Å². The van der Waals surface area contributed by atoms with Gasteiger partial charge < -0.3 is 15.5 Å². The van der Waals surface area contributed by atoms with Crippen molar-refractivity contribution in [2.45, 2.75) is 25.3 Å². The molecule has 1 aromatic rings. The van der Waals surface area contributed by atoms with E-state index in [9.17, 15) is 9.59 Å². The lowest BCUT2D eigenvalue weighted by atomic mass is 10.1. The Morgan fingerprint density at radius 2 is 2.17 bits per heavy atom. The first kappa shape index (κ1) is 18.2. The van der Waals surface area contributed by atoms with Crippen LogP contribution in [0.25, 0.3) is 0 Å². The molecule has 2 heterocycles. The smallest absolute Gasteiger partial charge is 0.227 e. The van der Waals surface area contributed by atoms with Crippen molar-refractivity contribution >= 4 is 45.8 Å². The van der Waals surface area contributed by atoms with Gasteiger partial charge in [0.15, 0.2) is 0 Å². The fourth-order valence-corrected chi connectivity index (χ4v) is 3.58. The topological polar surface area (TPSA) is 61.4 Å². The van der Waals surface area contributed by atoms with Crippen molar-refractivity contribution in [1.29, 1.82) is 0 Å². The maximum atomic E-state index is 12.3. The van der Waals surface area contributed by atoms with Crippen molar-refractivity contribution in [3.8, 4) is 0 Å². The highest BCUT2D eigenvalue weighted by Gasteiger charge is 2.35. The maximum Gasteiger partial charge on any atom is 0.227 e. The molecule has 2 saturated heterocycles. The van der Waals surface area contributed by atoms with E-state index in [0.717, 1.165) is 29.5 Å². The van der Waals surface area contributed by atoms with E-state index in [1.54, 1.807) is 4.90 Å². The van der Waals surface area contributed by atoms with E-state index < -0.39 is 0 Å². The third-order valence-electron chi connectivity index (χ3n) is 4.32. The van der Waals surface area contributed by atoms with Gasteiger partial charge in [-0.05, 0) is 47.4 Å². The summed E-state index contributed by atoms with van der Waals surface area (Å²) >= 11 is 3.46. The summed E-state index contributed by atoms with van der Waals surface area (Å²) in [6.07, 6.45) is 2.55. The minimum Gasteiger partial charge on any atom is -0.354 e. The SMILES string of the molecule is Cl.O=C(NCC1CCCN1)C1CC(=O)N(c2ccccc2Br)C1. The molecule has 3 rings (SSSR count). The molecule has 0 radical (unpaired) electrons. The molecule has 0 aliphatic carbocycles. The molecule has 5 nitrogen and oxygen atoms in total. The first-order valence-electron chi connectivity index (χ1n) is 7.71. The van der Waals surface area contributed by atoms with Crippen LogP contribution in [0.15, 0.2) is 28.7 Å². The number of hydrogen-bond acceptors (Lipinski definition) is 3. The number of carbonyl (C=O) groups excluding carboxylic acids is 2. The van der Waals surface area contributed by atoms with E-state index in [4.69, 9.17) is 0 Å². The first-order valence-corrected chi connectivity index (χ1v) is 8.50. The molecule has 2 fully saturated rings. The monoisotopic (exact) mass is 401 g/mol. The van der Waals surface area contributed by atoms with Crippen molar-refractivity contribution in [3.63, 3.8) is 0 Å². The highest BCUT2D eigenvalue weighted by Crippen LogP contribution is 2.31. The van der Waals surface area contributed by atoms with Gasteiger partial charge in [-0.2, -0.15) is 0 Å². The van der Waals surface area contributed by atoms with E-state index in [1.807, 2.05) is 24.3 Å². The standard InChI is InChI=1S/C16H20BrN3O2.ClH/c17-13-5-1-2-6-14(13)20-10-11(8-15(20)21)16(22)19-9-12-4-3-7-18-12;/h1-2,5-6,11-12,18H,3-4,7-10H2,(H,19,22);1H. The molecule has 2 amide bonds. The molecule has 7 heteroatoms. The van der Waals surface area contributed by atoms with Crippen LogP contribution in [-0.2, 0) is 9.59 Å². The number of carbonyl (C=O) groups is 2. The summed E-state index contributed by atoms with van der Waals surface area (Å²) in [7, 11) is 0. The number of rotatable bonds is 4. The minimum absolute atomic E-state index is 0. The Balaban J connectivity index is 0.00000192. The van der Waals surface area contributed by atoms with E-state index in [1.165, 1.54) is 0 Å². The molecule has 2 aliphatic rings. The number of benzene rings is 1. The van der Waals surface area contributed by atoms with Crippen LogP contribution in [0.3, 0.4) is 0 Å². The van der Waals surface area contributed by atoms with E-state index in [-0.39, 0.29) is 36.6 Å². The molecule has 2 atom stereocenters. The van der Waals surface area contributed by atoms with Gasteiger partial charge in [0.2, 0.25) is 11.8 Å². The van der Waals surface area contributed by atoms with Gasteiger partial charge in [0, 0.05) is 30.0 Å². The third kappa shape index (κ3) is 4.25. The molecule has 0 aromatic heterocycles. The molecular weight excluding hydrogens is 382 g/mol. The van der Waals surface area contributed by atoms with Crippen LogP contribution in [0.2, 0.25) is 0 Å². The first-order chi connectivity index (χ1) is 10.6. The Hall–Kier alpha value is -1.11. The zero-order chi connectivity index (χ0) is 15.5. The summed E-state index contributed by atoms with van der Waals surface area (Å²) in [6.45, 7) is 2.13. The highest BCUT2D eigenvalue weighted by molar-refractivity contribution is 9.10. The number of amides is 2. The van der Waals surface area contributed by atoms with Crippen LogP contribution in [0.5, 0.6) is 0 Å². The minimum atomic E-state index is -0.263. The second kappa shape index (κ2) is 8.13. The highest BCUT2D eigenvalue weighted by atomic mass is 79.9. The van der Waals surface area contributed by atoms with Crippen LogP contribution < -0.4 is 15.5 Å². The molecule has 2 N–H and O–H groups in total. The largest absolute Gasteiger partial charge is 0.354 e. The van der Waals surface area contributed by atoms with E-state index in [0.29, 0.717) is 19.1 Å². The molecule has 1 aromatic carbocycles. The van der Waals surface area contributed by atoms with Crippen molar-refractivity contribution in [3.05, 3.63) is 28.7 Å². The number of nitrogens with one attached hydrogen (secondary N) is 2. The summed E-state index contributed by atoms with van der Waals surface area (Å²) in [4.78, 5) is 26.2. The molecular formula is C16H21BrClN3O2. The van der Waals surface area contributed by atoms with Gasteiger partial charge in [-0.15, -0.1) is 12.4 Å². The summed E-state index contributed by atoms with van der Waals surface area (Å²) in [6, 6.07) is 7.98. The van der Waals surface area contributed by atoms with Crippen LogP contribution >= 0.6 is 28.3 Å². The fraction of sp³-hybridized carbons (Fsp3) is 0.500. The number of halogens is 2. The van der Waals surface area contributed by atoms with Crippen LogP contribution in [0.4, 0.5) is 5.69 Å². The van der Waals surface area contributed by atoms with Crippen molar-refractivity contribution in [2.24, 2.45) is 5.92 Å². The predicted molar refractivity (Wildman–Crippen MR) is 95.9 cm³/mol. The lowest BCUT2D eigenvalue weighted by molar-refractivity contribution is -0.126. The maximum absolute atomic E-state index is 12.3. The van der Waals surface area contributed by atoms with Gasteiger partial charge in [-0.1, -0.05) is 12.1 Å².